The first-order chi connectivity index (χ1) is 14.7. The molecule has 4 rings (SSSR count). The second-order valence-electron chi connectivity index (χ2n) is 7.91. The summed E-state index contributed by atoms with van der Waals surface area (Å²) in [6.45, 7) is 1.47. The summed E-state index contributed by atoms with van der Waals surface area (Å²) < 4.78 is 32.4. The van der Waals surface area contributed by atoms with Crippen LogP contribution in [-0.4, -0.2) is 72.3 Å². The van der Waals surface area contributed by atoms with Gasteiger partial charge in [-0.1, -0.05) is 17.7 Å². The van der Waals surface area contributed by atoms with Gasteiger partial charge in [0.05, 0.1) is 24.2 Å². The van der Waals surface area contributed by atoms with Crippen LogP contribution >= 0.6 is 11.6 Å². The van der Waals surface area contributed by atoms with Gasteiger partial charge in [-0.2, -0.15) is 14.1 Å². The Hall–Kier alpha value is -2.14. The van der Waals surface area contributed by atoms with Gasteiger partial charge in [0.25, 0.3) is 0 Å². The van der Waals surface area contributed by atoms with Crippen LogP contribution in [0.1, 0.15) is 19.3 Å². The molecule has 9 nitrogen and oxygen atoms in total. The lowest BCUT2D eigenvalue weighted by Gasteiger charge is -2.35. The van der Waals surface area contributed by atoms with E-state index in [1.165, 1.54) is 15.2 Å². The van der Waals surface area contributed by atoms with E-state index in [0.717, 1.165) is 0 Å². The molecule has 2 atom stereocenters. The van der Waals surface area contributed by atoms with Crippen LogP contribution in [-0.2, 0) is 10.0 Å². The quantitative estimate of drug-likeness (QED) is 0.704. The zero-order valence-electron chi connectivity index (χ0n) is 17.1. The summed E-state index contributed by atoms with van der Waals surface area (Å²) in [4.78, 5) is 15.3. The first-order valence-electron chi connectivity index (χ1n) is 10.2. The summed E-state index contributed by atoms with van der Waals surface area (Å²) >= 11 is 6.08. The van der Waals surface area contributed by atoms with Crippen molar-refractivity contribution in [3.63, 3.8) is 0 Å². The molecule has 31 heavy (non-hydrogen) atoms. The minimum Gasteiger partial charge on any atom is -0.483 e. The number of aromatic nitrogens is 2. The van der Waals surface area contributed by atoms with Crippen molar-refractivity contribution >= 4 is 27.3 Å². The Bertz CT molecular complexity index is 1110. The number of sulfonamides is 1. The molecule has 1 N–H and O–H groups in total. The van der Waals surface area contributed by atoms with Crippen LogP contribution in [0, 0.1) is 0 Å². The lowest BCUT2D eigenvalue weighted by molar-refractivity contribution is 0.148. The molecule has 0 amide bonds. The molecule has 0 bridgehead atoms. The van der Waals surface area contributed by atoms with Gasteiger partial charge in [-0.15, -0.1) is 0 Å². The average Bonchev–Trinajstić information content (AvgIpc) is 3.13. The number of aliphatic hydroxyl groups is 1. The molecule has 1 aliphatic heterocycles. The number of piperazine rings is 1. The second-order valence-corrected chi connectivity index (χ2v) is 10.3. The maximum absolute atomic E-state index is 13.4. The van der Waals surface area contributed by atoms with E-state index in [9.17, 15) is 18.3 Å². The van der Waals surface area contributed by atoms with Gasteiger partial charge in [-0.25, -0.2) is 8.42 Å². The number of ether oxygens (including phenoxy) is 1. The largest absolute Gasteiger partial charge is 0.483 e. The Morgan fingerprint density at radius 3 is 2.55 bits per heavy atom. The molecule has 2 aromatic rings. The fourth-order valence-corrected chi connectivity index (χ4v) is 5.02. The predicted octanol–water partition coefficient (Wildman–Crippen LogP) is 1.26. The molecular weight excluding hydrogens is 444 g/mol. The Labute approximate surface area is 185 Å². The zero-order valence-corrected chi connectivity index (χ0v) is 18.7. The van der Waals surface area contributed by atoms with E-state index in [2.05, 4.69) is 5.10 Å². The summed E-state index contributed by atoms with van der Waals surface area (Å²) in [5.74, 6) is 0.155. The number of benzene rings is 1. The van der Waals surface area contributed by atoms with Crippen molar-refractivity contribution in [1.82, 2.24) is 14.1 Å². The Morgan fingerprint density at radius 1 is 1.19 bits per heavy atom. The average molecular weight is 469 g/mol. The van der Waals surface area contributed by atoms with Gasteiger partial charge in [-0.05, 0) is 31.0 Å². The third-order valence-corrected chi connectivity index (χ3v) is 7.20. The van der Waals surface area contributed by atoms with E-state index in [0.29, 0.717) is 61.8 Å². The van der Waals surface area contributed by atoms with Crippen LogP contribution in [0.15, 0.2) is 35.3 Å². The first kappa shape index (κ1) is 22.1. The fraction of sp³-hybridized carbons (Fsp3) is 0.500. The molecule has 168 valence electrons. The van der Waals surface area contributed by atoms with Gasteiger partial charge >= 0.3 is 5.56 Å². The lowest BCUT2D eigenvalue weighted by Crippen LogP contribution is -2.49. The maximum Gasteiger partial charge on any atom is 0.316 e. The number of nitrogens with zero attached hydrogens (tertiary/aromatic N) is 4. The highest BCUT2D eigenvalue weighted by molar-refractivity contribution is 7.88. The van der Waals surface area contributed by atoms with Crippen LogP contribution in [0.3, 0.4) is 0 Å². The monoisotopic (exact) mass is 468 g/mol. The number of aliphatic hydroxyl groups excluding tert-OH is 1. The third-order valence-electron chi connectivity index (χ3n) is 5.66. The highest BCUT2D eigenvalue weighted by Gasteiger charge is 2.30. The number of halogens is 1. The maximum atomic E-state index is 13.4. The van der Waals surface area contributed by atoms with E-state index in [-0.39, 0.29) is 11.9 Å². The molecular formula is C20H25ClN4O5S. The molecule has 0 spiro atoms. The highest BCUT2D eigenvalue weighted by atomic mass is 35.5. The van der Waals surface area contributed by atoms with Crippen LogP contribution in [0.2, 0.25) is 5.02 Å². The van der Waals surface area contributed by atoms with Crippen molar-refractivity contribution in [2.24, 2.45) is 0 Å². The molecule has 0 radical (unpaired) electrons. The van der Waals surface area contributed by atoms with Crippen molar-refractivity contribution in [1.29, 1.82) is 0 Å². The molecule has 1 saturated heterocycles. The Morgan fingerprint density at radius 2 is 1.94 bits per heavy atom. The smallest absolute Gasteiger partial charge is 0.316 e. The summed E-state index contributed by atoms with van der Waals surface area (Å²) in [6, 6.07) is 6.82. The minimum atomic E-state index is -3.27. The molecule has 1 aromatic carbocycles. The molecule has 2 fully saturated rings. The summed E-state index contributed by atoms with van der Waals surface area (Å²) in [5.41, 5.74) is 0.617. The molecule has 1 aromatic heterocycles. The van der Waals surface area contributed by atoms with Crippen LogP contribution in [0.5, 0.6) is 5.75 Å². The van der Waals surface area contributed by atoms with Gasteiger partial charge in [0.15, 0.2) is 0 Å². The zero-order chi connectivity index (χ0) is 22.2. The van der Waals surface area contributed by atoms with E-state index in [1.807, 2.05) is 4.90 Å². The number of rotatable bonds is 5. The van der Waals surface area contributed by atoms with E-state index in [1.54, 1.807) is 30.5 Å². The summed E-state index contributed by atoms with van der Waals surface area (Å²) in [6.07, 6.45) is 3.79. The van der Waals surface area contributed by atoms with Crippen LogP contribution in [0.25, 0.3) is 5.69 Å². The first-order valence-corrected chi connectivity index (χ1v) is 12.4. The van der Waals surface area contributed by atoms with Crippen molar-refractivity contribution in [3.8, 4) is 11.4 Å². The Balaban J connectivity index is 1.69. The summed E-state index contributed by atoms with van der Waals surface area (Å²) in [7, 11) is -3.27. The van der Waals surface area contributed by atoms with Gasteiger partial charge in [0, 0.05) is 37.6 Å². The van der Waals surface area contributed by atoms with E-state index < -0.39 is 21.7 Å². The minimum absolute atomic E-state index is 0.155. The topological polar surface area (TPSA) is 105 Å². The highest BCUT2D eigenvalue weighted by Crippen LogP contribution is 2.30. The molecule has 11 heteroatoms. The lowest BCUT2D eigenvalue weighted by atomic mass is 10.2. The van der Waals surface area contributed by atoms with Crippen molar-refractivity contribution in [3.05, 3.63) is 45.8 Å². The standard InChI is InChI=1S/C20H25ClN4O5S/c1-31(28,29)24-9-7-23(8-10-24)18-13-22-25(15-4-2-3-14(21)11-15)20(27)19(18)30-17-6-5-16(26)12-17/h2-4,11,13,16-17,26H,5-10,12H2,1H3. The van der Waals surface area contributed by atoms with E-state index in [4.69, 9.17) is 16.3 Å². The molecule has 1 aliphatic carbocycles. The SMILES string of the molecule is CS(=O)(=O)N1CCN(c2cnn(-c3cccc(Cl)c3)c(=O)c2OC2CCC(O)C2)CC1. The third kappa shape index (κ3) is 4.87. The van der Waals surface area contributed by atoms with Gasteiger partial charge in [-0.3, -0.25) is 4.79 Å². The Kier molecular flexibility index (Phi) is 6.25. The molecule has 1 saturated carbocycles. The van der Waals surface area contributed by atoms with E-state index >= 15 is 0 Å². The number of hydrogen-bond donors (Lipinski definition) is 1. The van der Waals surface area contributed by atoms with Gasteiger partial charge in [0.1, 0.15) is 11.8 Å². The number of hydrogen-bond acceptors (Lipinski definition) is 7. The van der Waals surface area contributed by atoms with Crippen molar-refractivity contribution in [2.45, 2.75) is 31.5 Å². The van der Waals surface area contributed by atoms with Crippen molar-refractivity contribution in [2.75, 3.05) is 37.3 Å². The fourth-order valence-electron chi connectivity index (χ4n) is 4.01. The number of anilines is 1. The van der Waals surface area contributed by atoms with Gasteiger partial charge < -0.3 is 14.7 Å². The van der Waals surface area contributed by atoms with Crippen LogP contribution in [0.4, 0.5) is 5.69 Å². The molecule has 2 heterocycles. The molecule has 2 aliphatic rings. The van der Waals surface area contributed by atoms with Crippen LogP contribution < -0.4 is 15.2 Å². The van der Waals surface area contributed by atoms with Crippen molar-refractivity contribution < 1.29 is 18.3 Å². The second kappa shape index (κ2) is 8.78. The predicted molar refractivity (Wildman–Crippen MR) is 118 cm³/mol. The molecule has 2 unspecified atom stereocenters. The van der Waals surface area contributed by atoms with Gasteiger partial charge in [0.2, 0.25) is 15.8 Å². The normalized spacial score (nSPS) is 22.6. The summed E-state index contributed by atoms with van der Waals surface area (Å²) in [5, 5.41) is 14.7.